The van der Waals surface area contributed by atoms with Crippen molar-refractivity contribution in [2.75, 3.05) is 6.61 Å². The van der Waals surface area contributed by atoms with Crippen molar-refractivity contribution >= 4 is 39.9 Å². The van der Waals surface area contributed by atoms with Crippen LogP contribution in [0.1, 0.15) is 6.42 Å². The van der Waals surface area contributed by atoms with Gasteiger partial charge in [0.05, 0.1) is 0 Å². The van der Waals surface area contributed by atoms with Gasteiger partial charge >= 0.3 is 129 Å². The summed E-state index contributed by atoms with van der Waals surface area (Å²) in [6.45, 7) is 16.3. The van der Waals surface area contributed by atoms with Crippen molar-refractivity contribution < 1.29 is 3.07 Å². The summed E-state index contributed by atoms with van der Waals surface area (Å²) in [5.41, 5.74) is 0. The van der Waals surface area contributed by atoms with Gasteiger partial charge in [-0.2, -0.15) is 0 Å². The standard InChI is InChI=1S/C3H6O.4C3H5.2Sn/c1-2-3-4;4*1-3-2;;/h1-3H2;4*3H,1-2H2;;/q-1;;;;;;+1. The van der Waals surface area contributed by atoms with E-state index in [4.69, 9.17) is 3.07 Å². The number of rotatable bonds is 13. The van der Waals surface area contributed by atoms with Gasteiger partial charge in [-0.1, -0.05) is 0 Å². The summed E-state index contributed by atoms with van der Waals surface area (Å²) in [7, 11) is 0. The van der Waals surface area contributed by atoms with Crippen LogP contribution in [0.4, 0.5) is 0 Å². The molecule has 0 bridgehead atoms. The molecule has 0 unspecified atom stereocenters. The van der Waals surface area contributed by atoms with Gasteiger partial charge in [-0.15, -0.1) is 0 Å². The molecule has 0 aromatic rings. The van der Waals surface area contributed by atoms with Crippen LogP contribution in [-0.4, -0.2) is 46.5 Å². The molecule has 0 atom stereocenters. The number of hydrogen-bond acceptors (Lipinski definition) is 1. The Bertz CT molecular complexity index is 205. The minimum absolute atomic E-state index is 0.953. The Morgan fingerprint density at radius 2 is 1.28 bits per heavy atom. The van der Waals surface area contributed by atoms with E-state index in [1.807, 2.05) is 12.2 Å². The molecule has 2 radical (unpaired) electrons. The number of allylic oxidation sites excluding steroid dienone is 4. The van der Waals surface area contributed by atoms with E-state index in [1.165, 1.54) is 19.7 Å². The van der Waals surface area contributed by atoms with Crippen molar-refractivity contribution in [3.8, 4) is 0 Å². The van der Waals surface area contributed by atoms with E-state index in [2.05, 4.69) is 38.5 Å². The van der Waals surface area contributed by atoms with Gasteiger partial charge in [0.25, 0.3) is 0 Å². The number of hydrogen-bond donors (Lipinski definition) is 0. The van der Waals surface area contributed by atoms with Crippen molar-refractivity contribution in [1.82, 2.24) is 0 Å². The predicted octanol–water partition coefficient (Wildman–Crippen LogP) is 4.62. The normalized spacial score (nSPS) is 10.6. The summed E-state index contributed by atoms with van der Waals surface area (Å²) >= 11 is -2.87. The molecule has 1 nitrogen and oxygen atoms in total. The summed E-state index contributed by atoms with van der Waals surface area (Å²) in [4.78, 5) is 0. The van der Waals surface area contributed by atoms with Crippen LogP contribution in [0.3, 0.4) is 0 Å². The molecule has 0 rings (SSSR count). The van der Waals surface area contributed by atoms with Crippen LogP contribution in [0.5, 0.6) is 0 Å². The van der Waals surface area contributed by atoms with Gasteiger partial charge in [0.15, 0.2) is 0 Å². The summed E-state index contributed by atoms with van der Waals surface area (Å²) < 4.78 is 12.2. The molecule has 0 spiro atoms. The average molecular weight is 460 g/mol. The van der Waals surface area contributed by atoms with Gasteiger partial charge < -0.3 is 0 Å². The first kappa shape index (κ1) is 18.5. The van der Waals surface area contributed by atoms with E-state index in [9.17, 15) is 0 Å². The molecule has 0 N–H and O–H groups in total. The van der Waals surface area contributed by atoms with Crippen molar-refractivity contribution in [1.29, 1.82) is 0 Å². The molecule has 0 saturated heterocycles. The zero-order valence-corrected chi connectivity index (χ0v) is 17.2. The van der Waals surface area contributed by atoms with Crippen LogP contribution >= 0.6 is 0 Å². The van der Waals surface area contributed by atoms with Crippen LogP contribution in [0.2, 0.25) is 22.2 Å². The first-order chi connectivity index (χ1) is 8.78. The van der Waals surface area contributed by atoms with Gasteiger partial charge in [-0.3, -0.25) is 0 Å². The van der Waals surface area contributed by atoms with Gasteiger partial charge in [0.2, 0.25) is 0 Å². The van der Waals surface area contributed by atoms with Gasteiger partial charge in [-0.25, -0.2) is 0 Å². The second-order valence-electron chi connectivity index (χ2n) is 4.21. The second kappa shape index (κ2) is 13.9. The van der Waals surface area contributed by atoms with Crippen molar-refractivity contribution in [3.63, 3.8) is 0 Å². The Balaban J connectivity index is 3.78. The fraction of sp³-hybridized carbons (Fsp3) is 0.467. The molecule has 18 heavy (non-hydrogen) atoms. The zero-order valence-electron chi connectivity index (χ0n) is 11.5. The third-order valence-electron chi connectivity index (χ3n) is 2.59. The molecule has 0 aromatic heterocycles. The van der Waals surface area contributed by atoms with E-state index >= 15 is 0 Å². The van der Waals surface area contributed by atoms with Crippen LogP contribution in [-0.2, 0) is 3.07 Å². The van der Waals surface area contributed by atoms with E-state index in [0.29, 0.717) is 0 Å². The predicted molar refractivity (Wildman–Crippen MR) is 86.9 cm³/mol. The third-order valence-corrected chi connectivity index (χ3v) is 16.6. The molecule has 0 amide bonds. The van der Waals surface area contributed by atoms with Gasteiger partial charge in [0.1, 0.15) is 0 Å². The van der Waals surface area contributed by atoms with Crippen molar-refractivity contribution in [2.45, 2.75) is 28.6 Å². The van der Waals surface area contributed by atoms with Crippen LogP contribution < -0.4 is 0 Å². The summed E-state index contributed by atoms with van der Waals surface area (Å²) in [5.74, 6) is 0. The van der Waals surface area contributed by atoms with E-state index < -0.39 is 39.9 Å². The van der Waals surface area contributed by atoms with E-state index in [0.717, 1.165) is 15.5 Å². The maximum absolute atomic E-state index is 6.06. The van der Waals surface area contributed by atoms with Crippen LogP contribution in [0.25, 0.3) is 0 Å². The summed E-state index contributed by atoms with van der Waals surface area (Å²) in [6, 6.07) is 0. The Morgan fingerprint density at radius 3 is 1.72 bits per heavy atom. The molecular formula is C15H26OSn2. The van der Waals surface area contributed by atoms with Crippen LogP contribution in [0, 0.1) is 0 Å². The van der Waals surface area contributed by atoms with Crippen molar-refractivity contribution in [2.24, 2.45) is 0 Å². The Kier molecular flexibility index (Phi) is 14.3. The average Bonchev–Trinajstić information content (AvgIpc) is 2.35. The molecule has 0 fully saturated rings. The molecule has 100 valence electrons. The Hall–Kier alpha value is 0.517. The molecule has 3 heteroatoms. The topological polar surface area (TPSA) is 9.23 Å². The molecule has 0 aliphatic rings. The van der Waals surface area contributed by atoms with Crippen LogP contribution in [0.15, 0.2) is 50.6 Å². The Morgan fingerprint density at radius 1 is 0.778 bits per heavy atom. The molecule has 0 aliphatic carbocycles. The molecule has 0 saturated carbocycles. The van der Waals surface area contributed by atoms with Gasteiger partial charge in [0, 0.05) is 0 Å². The fourth-order valence-corrected chi connectivity index (χ4v) is 11.8. The third kappa shape index (κ3) is 10.4. The Labute approximate surface area is 128 Å². The second-order valence-corrected chi connectivity index (χ2v) is 18.5. The fourth-order valence-electron chi connectivity index (χ4n) is 1.76. The summed E-state index contributed by atoms with van der Waals surface area (Å²) in [6.07, 6.45) is 9.43. The maximum atomic E-state index is 6.06. The molecular weight excluding hydrogens is 434 g/mol. The molecule has 0 aromatic carbocycles. The monoisotopic (exact) mass is 462 g/mol. The first-order valence-electron chi connectivity index (χ1n) is 6.53. The summed E-state index contributed by atoms with van der Waals surface area (Å²) in [5, 5.41) is 0. The molecule has 0 heterocycles. The van der Waals surface area contributed by atoms with Gasteiger partial charge in [-0.05, 0) is 0 Å². The van der Waals surface area contributed by atoms with E-state index in [1.54, 1.807) is 0 Å². The molecule has 0 aliphatic heterocycles. The van der Waals surface area contributed by atoms with E-state index in [-0.39, 0.29) is 0 Å². The SMILES string of the molecule is C=C[CH2][Sn]([CH2]C=C)[CH2]CC[O][Sn]([CH2]C=C)[CH2]C=C. The van der Waals surface area contributed by atoms with Crippen molar-refractivity contribution in [3.05, 3.63) is 50.6 Å². The minimum atomic E-state index is -1.65. The quantitative estimate of drug-likeness (QED) is 0.222. The zero-order chi connectivity index (χ0) is 13.6. The first-order valence-corrected chi connectivity index (χ1v) is 17.8.